The van der Waals surface area contributed by atoms with E-state index in [2.05, 4.69) is 20.4 Å². The number of fused-ring (bicyclic) bond motifs is 1. The van der Waals surface area contributed by atoms with E-state index in [1.807, 2.05) is 0 Å². The highest BCUT2D eigenvalue weighted by Crippen LogP contribution is 2.41. The minimum Gasteiger partial charge on any atom is -0.543 e. The Bertz CT molecular complexity index is 1870. The van der Waals surface area contributed by atoms with Gasteiger partial charge in [-0.1, -0.05) is 16.2 Å². The van der Waals surface area contributed by atoms with E-state index in [-0.39, 0.29) is 39.4 Å². The number of nitrogens with one attached hydrogen (secondary N) is 1. The second-order valence-electron chi connectivity index (χ2n) is 9.92. The van der Waals surface area contributed by atoms with Crippen LogP contribution in [-0.4, -0.2) is 82.6 Å². The molecule has 0 spiro atoms. The Kier molecular flexibility index (Phi) is 9.31. The van der Waals surface area contributed by atoms with Crippen LogP contribution >= 0.6 is 34.9 Å². The van der Waals surface area contributed by atoms with Gasteiger partial charge in [-0.25, -0.2) is 14.3 Å². The molecule has 47 heavy (non-hydrogen) atoms. The lowest BCUT2D eigenvalue weighted by molar-refractivity contribution is -0.698. The van der Waals surface area contributed by atoms with Gasteiger partial charge in [-0.3, -0.25) is 14.5 Å². The van der Waals surface area contributed by atoms with E-state index in [0.717, 1.165) is 40.1 Å². The third kappa shape index (κ3) is 6.66. The molecule has 1 aromatic carbocycles. The molecule has 2 amide bonds. The first kappa shape index (κ1) is 33.1. The molecule has 1 saturated heterocycles. The van der Waals surface area contributed by atoms with Gasteiger partial charge in [0.25, 0.3) is 11.8 Å². The molecule has 0 radical (unpaired) electrons. The van der Waals surface area contributed by atoms with Crippen LogP contribution in [0.15, 0.2) is 51.2 Å². The van der Waals surface area contributed by atoms with Gasteiger partial charge in [-0.05, 0) is 29.5 Å². The molecule has 21 heteroatoms. The number of nitrogen functional groups attached to an aromatic ring is 3. The number of phenolic OH excluding ortho intramolecular Hbond substituents is 2. The van der Waals surface area contributed by atoms with Gasteiger partial charge >= 0.3 is 11.1 Å². The number of nitrogens with two attached hydrogens (primary N) is 3. The highest BCUT2D eigenvalue weighted by molar-refractivity contribution is 8.01. The first-order chi connectivity index (χ1) is 22.3. The maximum absolute atomic E-state index is 13.4. The summed E-state index contributed by atoms with van der Waals surface area (Å²) in [6, 6.07) is 3.43. The number of hydrogen-bond donors (Lipinski definition) is 7. The number of amides is 2. The Hall–Kier alpha value is -5.28. The number of carboxylic acids is 2. The van der Waals surface area contributed by atoms with Crippen molar-refractivity contribution in [2.75, 3.05) is 28.7 Å². The van der Waals surface area contributed by atoms with E-state index in [0.29, 0.717) is 16.5 Å². The van der Waals surface area contributed by atoms with Crippen LogP contribution in [-0.2, 0) is 31.1 Å². The van der Waals surface area contributed by atoms with Crippen molar-refractivity contribution in [3.8, 4) is 11.5 Å². The van der Waals surface area contributed by atoms with E-state index in [1.54, 1.807) is 11.6 Å². The number of nitrogens with zero attached hydrogens (tertiary/aromatic N) is 5. The van der Waals surface area contributed by atoms with Crippen molar-refractivity contribution in [1.82, 2.24) is 20.2 Å². The molecule has 0 bridgehead atoms. The van der Waals surface area contributed by atoms with E-state index < -0.39 is 58.5 Å². The van der Waals surface area contributed by atoms with Crippen LogP contribution < -0.4 is 32.2 Å². The summed E-state index contributed by atoms with van der Waals surface area (Å²) < 4.78 is 1.57. The smallest absolute Gasteiger partial charge is 0.352 e. The molecule has 5 rings (SSSR count). The Balaban J connectivity index is 1.36. The lowest BCUT2D eigenvalue weighted by Gasteiger charge is -2.50. The van der Waals surface area contributed by atoms with Crippen LogP contribution in [0.3, 0.4) is 0 Å². The molecular formula is C26H25N9O9S3. The monoisotopic (exact) mass is 703 g/mol. The quantitative estimate of drug-likeness (QED) is 0.0222. The van der Waals surface area contributed by atoms with Crippen molar-refractivity contribution in [3.05, 3.63) is 52.2 Å². The predicted octanol–water partition coefficient (Wildman–Crippen LogP) is -1.74. The summed E-state index contributed by atoms with van der Waals surface area (Å²) in [7, 11) is 1.67. The van der Waals surface area contributed by atoms with Crippen molar-refractivity contribution in [2.24, 2.45) is 12.2 Å². The Labute approximate surface area is 276 Å². The standard InChI is InChI=1S/C26H25N9O9S3/c1-34-15(28)5-14(27)31-26(34)47-7-10-6-45-22-17(21(39)35(22)18(10)23(40)41)32-20(38)16(11-8-46-25(29)30-11)33-44-19(24(42)43)9-2-3-12(36)13(37)4-9/h2-5,8,17,19,22H,6-7H2,1H3,(H10,27,28,29,30,32,33,36,37,38,40,41,42,43)/t17?,19?,22-/m1/s1. The van der Waals surface area contributed by atoms with Crippen molar-refractivity contribution in [2.45, 2.75) is 22.7 Å². The zero-order chi connectivity index (χ0) is 34.2. The second-order valence-corrected chi connectivity index (χ2v) is 12.9. The summed E-state index contributed by atoms with van der Waals surface area (Å²) in [6.45, 7) is 0. The van der Waals surface area contributed by atoms with Crippen molar-refractivity contribution in [3.63, 3.8) is 0 Å². The zero-order valence-electron chi connectivity index (χ0n) is 24.0. The van der Waals surface area contributed by atoms with Crippen molar-refractivity contribution < 1.29 is 49.0 Å². The number of aromatic nitrogens is 3. The van der Waals surface area contributed by atoms with Crippen LogP contribution in [0.1, 0.15) is 17.4 Å². The number of benzene rings is 1. The number of β-lactam (4-membered cyclic amide) rings is 1. The minimum atomic E-state index is -1.83. The van der Waals surface area contributed by atoms with Gasteiger partial charge in [0, 0.05) is 22.4 Å². The van der Waals surface area contributed by atoms with Crippen molar-refractivity contribution >= 4 is 81.1 Å². The first-order valence-electron chi connectivity index (χ1n) is 13.2. The summed E-state index contributed by atoms with van der Waals surface area (Å²) >= 11 is 3.32. The van der Waals surface area contributed by atoms with Gasteiger partial charge in [-0.2, -0.15) is 0 Å². The third-order valence-corrected chi connectivity index (χ3v) is 9.98. The molecule has 0 saturated carbocycles. The number of thiazole rings is 1. The molecule has 2 aromatic heterocycles. The zero-order valence-corrected chi connectivity index (χ0v) is 26.5. The molecule has 4 heterocycles. The number of carbonyl (C=O) groups excluding carboxylic acids is 3. The average Bonchev–Trinajstić information content (AvgIpc) is 3.45. The third-order valence-electron chi connectivity index (χ3n) is 6.85. The molecule has 18 nitrogen and oxygen atoms in total. The largest absolute Gasteiger partial charge is 0.543 e. The Morgan fingerprint density at radius 3 is 2.62 bits per heavy atom. The molecule has 2 aliphatic rings. The SMILES string of the molecule is C[n+]1c(N)cc(N)nc1SCC1=C(C(=O)[O-])N2C(=O)C(NC(=O)/C(=N\OC(C(=O)O)c3ccc(O)c(O)c3)c3csc(N)n3)[C@H]2SC1. The number of carboxylic acid groups (broad SMARTS) is 2. The number of hydrogen-bond acceptors (Lipinski definition) is 17. The second kappa shape index (κ2) is 13.2. The topological polar surface area (TPSA) is 297 Å². The molecule has 3 atom stereocenters. The molecular weight excluding hydrogens is 679 g/mol. The first-order valence-corrected chi connectivity index (χ1v) is 16.1. The molecule has 2 aliphatic heterocycles. The molecule has 3 aromatic rings. The summed E-state index contributed by atoms with van der Waals surface area (Å²) in [5.74, 6) is -5.16. The number of aromatic hydroxyl groups is 2. The van der Waals surface area contributed by atoms with E-state index in [1.165, 1.54) is 29.3 Å². The fraction of sp³-hybridized carbons (Fsp3) is 0.231. The maximum Gasteiger partial charge on any atom is 0.352 e. The molecule has 10 N–H and O–H groups in total. The number of rotatable bonds is 11. The highest BCUT2D eigenvalue weighted by atomic mass is 32.2. The Morgan fingerprint density at radius 2 is 1.98 bits per heavy atom. The molecule has 0 aliphatic carbocycles. The van der Waals surface area contributed by atoms with Crippen LogP contribution in [0, 0.1) is 0 Å². The molecule has 1 fully saturated rings. The minimum absolute atomic E-state index is 0.0475. The predicted molar refractivity (Wildman–Crippen MR) is 166 cm³/mol. The summed E-state index contributed by atoms with van der Waals surface area (Å²) in [5, 5.41) is 48.5. The summed E-state index contributed by atoms with van der Waals surface area (Å²) in [5.41, 5.74) is 16.7. The fourth-order valence-electron chi connectivity index (χ4n) is 4.51. The van der Waals surface area contributed by atoms with Gasteiger partial charge in [0.1, 0.15) is 17.1 Å². The lowest BCUT2D eigenvalue weighted by Crippen LogP contribution is -2.71. The lowest BCUT2D eigenvalue weighted by atomic mass is 10.0. The van der Waals surface area contributed by atoms with Gasteiger partial charge in [0.05, 0.1) is 24.8 Å². The van der Waals surface area contributed by atoms with Crippen LogP contribution in [0.25, 0.3) is 0 Å². The highest BCUT2D eigenvalue weighted by Gasteiger charge is 2.53. The summed E-state index contributed by atoms with van der Waals surface area (Å²) in [6.07, 6.45) is -1.83. The van der Waals surface area contributed by atoms with E-state index in [9.17, 15) is 39.6 Å². The van der Waals surface area contributed by atoms with Crippen LogP contribution in [0.2, 0.25) is 0 Å². The maximum atomic E-state index is 13.4. The number of oxime groups is 1. The van der Waals surface area contributed by atoms with Crippen LogP contribution in [0.5, 0.6) is 11.5 Å². The van der Waals surface area contributed by atoms with Crippen LogP contribution in [0.4, 0.5) is 16.8 Å². The van der Waals surface area contributed by atoms with Crippen molar-refractivity contribution in [1.29, 1.82) is 0 Å². The van der Waals surface area contributed by atoms with Gasteiger partial charge in [-0.15, -0.1) is 23.1 Å². The van der Waals surface area contributed by atoms with E-state index in [4.69, 9.17) is 22.0 Å². The molecule has 246 valence electrons. The number of aliphatic carboxylic acids is 2. The van der Waals surface area contributed by atoms with E-state index >= 15 is 0 Å². The number of anilines is 3. The normalized spacial score (nSPS) is 18.3. The van der Waals surface area contributed by atoms with Gasteiger partial charge in [0.15, 0.2) is 22.3 Å². The summed E-state index contributed by atoms with van der Waals surface area (Å²) in [4.78, 5) is 65.3. The Morgan fingerprint density at radius 1 is 1.23 bits per heavy atom. The average molecular weight is 704 g/mol. The molecule has 2 unspecified atom stereocenters. The number of phenols is 2. The fourth-order valence-corrected chi connectivity index (χ4v) is 7.54. The number of thioether (sulfide) groups is 2. The van der Waals surface area contributed by atoms with Gasteiger partial charge < -0.3 is 52.6 Å². The number of carbonyl (C=O) groups is 4. The van der Waals surface area contributed by atoms with Gasteiger partial charge in [0.2, 0.25) is 17.7 Å².